The lowest BCUT2D eigenvalue weighted by Gasteiger charge is -2.28. The molecule has 0 spiro atoms. The number of nitrogens with one attached hydrogen (secondary N) is 1. The normalized spacial score (nSPS) is 17.3. The Hall–Kier alpha value is -2.60. The van der Waals surface area contributed by atoms with Crippen LogP contribution in [0.4, 0.5) is 11.5 Å². The molecule has 3 N–H and O–H groups in total. The van der Waals surface area contributed by atoms with E-state index in [1.165, 1.54) is 0 Å². The molecule has 0 atom stereocenters. The highest BCUT2D eigenvalue weighted by Gasteiger charge is 2.40. The minimum atomic E-state index is -0.0598. The van der Waals surface area contributed by atoms with Crippen LogP contribution in [0, 0.1) is 5.41 Å². The van der Waals surface area contributed by atoms with Crippen LogP contribution < -0.4 is 15.4 Å². The molecule has 0 bridgehead atoms. The molecule has 6 nitrogen and oxygen atoms in total. The molecule has 0 radical (unpaired) electrons. The van der Waals surface area contributed by atoms with Crippen molar-refractivity contribution in [3.8, 4) is 5.75 Å². The average Bonchev–Trinajstić information content (AvgIpc) is 3.48. The monoisotopic (exact) mass is 382 g/mol. The van der Waals surface area contributed by atoms with E-state index in [-0.39, 0.29) is 5.60 Å². The van der Waals surface area contributed by atoms with E-state index in [9.17, 15) is 0 Å². The molecule has 28 heavy (non-hydrogen) atoms. The van der Waals surface area contributed by atoms with Gasteiger partial charge in [0.05, 0.1) is 18.9 Å². The molecule has 0 amide bonds. The van der Waals surface area contributed by atoms with Crippen LogP contribution in [0.2, 0.25) is 0 Å². The zero-order chi connectivity index (χ0) is 20.1. The Bertz CT molecular complexity index is 827. The molecule has 150 valence electrons. The second-order valence-corrected chi connectivity index (χ2v) is 7.18. The summed E-state index contributed by atoms with van der Waals surface area (Å²) < 4.78 is 11.4. The number of hydrogen-bond acceptors (Lipinski definition) is 6. The SMILES string of the molecule is CC.CC1(Oc2ccc(N)c(C(=N)c3ccnc(N4CCOCC4)c3)c2)CC1. The Labute approximate surface area is 167 Å². The predicted molar refractivity (Wildman–Crippen MR) is 114 cm³/mol. The maximum absolute atomic E-state index is 8.66. The molecule has 1 aliphatic heterocycles. The number of nitrogens with zero attached hydrogens (tertiary/aromatic N) is 2. The third-order valence-electron chi connectivity index (χ3n) is 4.98. The van der Waals surface area contributed by atoms with Crippen molar-refractivity contribution in [3.63, 3.8) is 0 Å². The quantitative estimate of drug-likeness (QED) is 0.606. The first-order valence-corrected chi connectivity index (χ1v) is 10.0. The van der Waals surface area contributed by atoms with Crippen molar-refractivity contribution < 1.29 is 9.47 Å². The molecular formula is C22H30N4O2. The van der Waals surface area contributed by atoms with Crippen LogP contribution in [0.3, 0.4) is 0 Å². The number of hydrogen-bond donors (Lipinski definition) is 2. The summed E-state index contributed by atoms with van der Waals surface area (Å²) in [5.41, 5.74) is 8.53. The molecule has 2 aliphatic rings. The molecule has 6 heteroatoms. The molecule has 2 heterocycles. The molecule has 1 saturated carbocycles. The van der Waals surface area contributed by atoms with Gasteiger partial charge in [-0.3, -0.25) is 5.41 Å². The van der Waals surface area contributed by atoms with Gasteiger partial charge in [0, 0.05) is 36.1 Å². The van der Waals surface area contributed by atoms with E-state index < -0.39 is 0 Å². The number of nitrogen functional groups attached to an aromatic ring is 1. The minimum absolute atomic E-state index is 0.0598. The van der Waals surface area contributed by atoms with Gasteiger partial charge >= 0.3 is 0 Å². The fourth-order valence-corrected chi connectivity index (χ4v) is 3.07. The summed E-state index contributed by atoms with van der Waals surface area (Å²) in [5.74, 6) is 1.63. The number of aromatic nitrogens is 1. The number of rotatable bonds is 5. The molecule has 0 unspecified atom stereocenters. The summed E-state index contributed by atoms with van der Waals surface area (Å²) in [6, 6.07) is 9.36. The lowest BCUT2D eigenvalue weighted by Crippen LogP contribution is -2.36. The van der Waals surface area contributed by atoms with Crippen molar-refractivity contribution in [1.29, 1.82) is 5.41 Å². The zero-order valence-electron chi connectivity index (χ0n) is 17.0. The third kappa shape index (κ3) is 4.62. The summed E-state index contributed by atoms with van der Waals surface area (Å²) in [6.07, 6.45) is 3.88. The number of ether oxygens (including phenoxy) is 2. The van der Waals surface area contributed by atoms with Gasteiger partial charge in [0.25, 0.3) is 0 Å². The highest BCUT2D eigenvalue weighted by atomic mass is 16.5. The van der Waals surface area contributed by atoms with Crippen molar-refractivity contribution in [2.45, 2.75) is 39.2 Å². The summed E-state index contributed by atoms with van der Waals surface area (Å²) in [7, 11) is 0. The molecule has 2 fully saturated rings. The van der Waals surface area contributed by atoms with Gasteiger partial charge in [-0.2, -0.15) is 0 Å². The van der Waals surface area contributed by atoms with Crippen LogP contribution in [0.5, 0.6) is 5.75 Å². The minimum Gasteiger partial charge on any atom is -0.488 e. The van der Waals surface area contributed by atoms with Crippen molar-refractivity contribution in [3.05, 3.63) is 47.7 Å². The van der Waals surface area contributed by atoms with Gasteiger partial charge in [-0.1, -0.05) is 13.8 Å². The third-order valence-corrected chi connectivity index (χ3v) is 4.98. The van der Waals surface area contributed by atoms with Gasteiger partial charge in [0.2, 0.25) is 0 Å². The second-order valence-electron chi connectivity index (χ2n) is 7.18. The molecule has 1 aromatic carbocycles. The number of morpholine rings is 1. The first-order valence-electron chi connectivity index (χ1n) is 10.0. The van der Waals surface area contributed by atoms with E-state index in [1.54, 1.807) is 6.20 Å². The van der Waals surface area contributed by atoms with E-state index in [0.29, 0.717) is 30.2 Å². The van der Waals surface area contributed by atoms with Crippen molar-refractivity contribution in [2.75, 3.05) is 36.9 Å². The van der Waals surface area contributed by atoms with Crippen LogP contribution in [0.25, 0.3) is 0 Å². The summed E-state index contributed by atoms with van der Waals surface area (Å²) in [5, 5.41) is 8.66. The Balaban J connectivity index is 0.00000109. The highest BCUT2D eigenvalue weighted by molar-refractivity contribution is 6.14. The molecule has 1 aromatic heterocycles. The zero-order valence-corrected chi connectivity index (χ0v) is 17.0. The lowest BCUT2D eigenvalue weighted by atomic mass is 10.0. The fourth-order valence-electron chi connectivity index (χ4n) is 3.07. The number of pyridine rings is 1. The summed E-state index contributed by atoms with van der Waals surface area (Å²) in [4.78, 5) is 6.63. The average molecular weight is 383 g/mol. The van der Waals surface area contributed by atoms with Gasteiger partial charge in [0.1, 0.15) is 17.2 Å². The van der Waals surface area contributed by atoms with Gasteiger partial charge < -0.3 is 20.1 Å². The van der Waals surface area contributed by atoms with E-state index in [4.69, 9.17) is 20.6 Å². The van der Waals surface area contributed by atoms with Crippen LogP contribution in [0.15, 0.2) is 36.5 Å². The Morgan fingerprint density at radius 2 is 1.89 bits per heavy atom. The Morgan fingerprint density at radius 3 is 2.57 bits per heavy atom. The van der Waals surface area contributed by atoms with E-state index in [2.05, 4.69) is 16.8 Å². The Kier molecular flexibility index (Phi) is 6.19. The maximum atomic E-state index is 8.66. The summed E-state index contributed by atoms with van der Waals surface area (Å²) >= 11 is 0. The predicted octanol–water partition coefficient (Wildman–Crippen LogP) is 3.87. The van der Waals surface area contributed by atoms with Crippen LogP contribution in [-0.4, -0.2) is 42.6 Å². The molecule has 4 rings (SSSR count). The van der Waals surface area contributed by atoms with Crippen LogP contribution in [-0.2, 0) is 4.74 Å². The fraction of sp³-hybridized carbons (Fsp3) is 0.455. The van der Waals surface area contributed by atoms with Crippen molar-refractivity contribution in [2.24, 2.45) is 0 Å². The lowest BCUT2D eigenvalue weighted by molar-refractivity contribution is 0.122. The molecular weight excluding hydrogens is 352 g/mol. The van der Waals surface area contributed by atoms with Crippen molar-refractivity contribution in [1.82, 2.24) is 4.98 Å². The van der Waals surface area contributed by atoms with Crippen molar-refractivity contribution >= 4 is 17.2 Å². The topological polar surface area (TPSA) is 84.5 Å². The molecule has 2 aromatic rings. The van der Waals surface area contributed by atoms with Gasteiger partial charge in [0.15, 0.2) is 0 Å². The first kappa shape index (κ1) is 20.1. The molecule has 1 aliphatic carbocycles. The number of anilines is 2. The molecule has 1 saturated heterocycles. The second kappa shape index (κ2) is 8.61. The first-order chi connectivity index (χ1) is 13.5. The standard InChI is InChI=1S/C20H24N4O2.C2H6/c1-20(5-6-20)26-15-2-3-17(21)16(13-15)19(22)14-4-7-23-18(12-14)24-8-10-25-11-9-24;1-2/h2-4,7,12-13,22H,5-6,8-11,21H2,1H3;1-2H3. The van der Waals surface area contributed by atoms with Gasteiger partial charge in [-0.15, -0.1) is 0 Å². The van der Waals surface area contributed by atoms with E-state index in [0.717, 1.165) is 43.1 Å². The van der Waals surface area contributed by atoms with E-state index >= 15 is 0 Å². The summed E-state index contributed by atoms with van der Waals surface area (Å²) in [6.45, 7) is 9.14. The smallest absolute Gasteiger partial charge is 0.129 e. The van der Waals surface area contributed by atoms with E-state index in [1.807, 2.05) is 44.2 Å². The largest absolute Gasteiger partial charge is 0.488 e. The van der Waals surface area contributed by atoms with Crippen LogP contribution >= 0.6 is 0 Å². The number of nitrogens with two attached hydrogens (primary N) is 1. The number of benzene rings is 1. The maximum Gasteiger partial charge on any atom is 0.129 e. The van der Waals surface area contributed by atoms with Gasteiger partial charge in [-0.05, 0) is 50.1 Å². The highest BCUT2D eigenvalue weighted by Crippen LogP contribution is 2.40. The van der Waals surface area contributed by atoms with Crippen LogP contribution in [0.1, 0.15) is 44.7 Å². The Morgan fingerprint density at radius 1 is 1.18 bits per heavy atom. The van der Waals surface area contributed by atoms with Gasteiger partial charge in [-0.25, -0.2) is 4.98 Å².